The number of hydrogen-bond donors (Lipinski definition) is 2. The Bertz CT molecular complexity index is 832. The predicted molar refractivity (Wildman–Crippen MR) is 115 cm³/mol. The van der Waals surface area contributed by atoms with Crippen LogP contribution in [0.3, 0.4) is 0 Å². The molecule has 1 aromatic rings. The minimum atomic E-state index is -3.07. The summed E-state index contributed by atoms with van der Waals surface area (Å²) in [4.78, 5) is 28.8. The highest BCUT2D eigenvalue weighted by Crippen LogP contribution is 2.36. The molecule has 1 aliphatic heterocycles. The van der Waals surface area contributed by atoms with Crippen molar-refractivity contribution in [3.63, 3.8) is 0 Å². The minimum absolute atomic E-state index is 0.122. The van der Waals surface area contributed by atoms with Crippen LogP contribution < -0.4 is 20.7 Å². The molecule has 1 heterocycles. The van der Waals surface area contributed by atoms with Crippen molar-refractivity contribution in [3.8, 4) is 5.75 Å². The van der Waals surface area contributed by atoms with E-state index in [-0.39, 0.29) is 42.9 Å². The van der Waals surface area contributed by atoms with E-state index in [0.717, 1.165) is 19.4 Å². The maximum absolute atomic E-state index is 13.1. The Morgan fingerprint density at radius 2 is 2.09 bits per heavy atom. The maximum Gasteiger partial charge on any atom is 0.387 e. The third kappa shape index (κ3) is 5.36. The summed E-state index contributed by atoms with van der Waals surface area (Å²) in [5, 5.41) is 2.81. The van der Waals surface area contributed by atoms with Crippen LogP contribution in [-0.2, 0) is 14.3 Å². The molecule has 3 N–H and O–H groups in total. The quantitative estimate of drug-likeness (QED) is 0.565. The highest BCUT2D eigenvalue weighted by molar-refractivity contribution is 5.98. The third-order valence-electron chi connectivity index (χ3n) is 6.36. The van der Waals surface area contributed by atoms with E-state index in [0.29, 0.717) is 24.3 Å². The van der Waals surface area contributed by atoms with E-state index in [1.807, 2.05) is 0 Å². The first kappa shape index (κ1) is 22.9. The number of carbonyl (C=O) groups excluding carboxylic acids is 2. The average Bonchev–Trinajstić information content (AvgIpc) is 3.55. The van der Waals surface area contributed by atoms with Gasteiger partial charge >= 0.3 is 6.61 Å². The second-order valence-electron chi connectivity index (χ2n) is 8.62. The summed E-state index contributed by atoms with van der Waals surface area (Å²) >= 11 is 0. The van der Waals surface area contributed by atoms with Gasteiger partial charge in [-0.1, -0.05) is 6.42 Å². The zero-order valence-electron chi connectivity index (χ0n) is 18.0. The van der Waals surface area contributed by atoms with E-state index in [1.165, 1.54) is 36.3 Å². The molecular formula is C22H30F2N4O4. The molecule has 2 aliphatic carbocycles. The molecule has 0 aromatic heterocycles. The van der Waals surface area contributed by atoms with Crippen molar-refractivity contribution in [1.29, 1.82) is 0 Å². The van der Waals surface area contributed by atoms with Gasteiger partial charge in [-0.2, -0.15) is 8.78 Å². The van der Waals surface area contributed by atoms with Crippen molar-refractivity contribution in [2.75, 3.05) is 43.1 Å². The van der Waals surface area contributed by atoms with Gasteiger partial charge in [-0.25, -0.2) is 0 Å². The first-order valence-electron chi connectivity index (χ1n) is 11.2. The number of hydrogen-bond acceptors (Lipinski definition) is 6. The first-order valence-corrected chi connectivity index (χ1v) is 11.2. The Hall–Kier alpha value is -2.30. The summed E-state index contributed by atoms with van der Waals surface area (Å²) in [5.41, 5.74) is 6.51. The third-order valence-corrected chi connectivity index (χ3v) is 6.36. The smallest absolute Gasteiger partial charge is 0.387 e. The molecule has 3 aliphatic rings. The van der Waals surface area contributed by atoms with E-state index in [2.05, 4.69) is 15.0 Å². The molecule has 3 fully saturated rings. The summed E-state index contributed by atoms with van der Waals surface area (Å²) in [6, 6.07) is 4.30. The number of amides is 2. The van der Waals surface area contributed by atoms with E-state index in [1.54, 1.807) is 6.07 Å². The fraction of sp³-hybridized carbons (Fsp3) is 0.636. The molecular weight excluding hydrogens is 422 g/mol. The number of nitrogens with zero attached hydrogens (tertiary/aromatic N) is 2. The Labute approximate surface area is 186 Å². The lowest BCUT2D eigenvalue weighted by Gasteiger charge is -2.36. The van der Waals surface area contributed by atoms with E-state index >= 15 is 0 Å². The minimum Gasteiger partial charge on any atom is -0.433 e. The zero-order chi connectivity index (χ0) is 22.7. The lowest BCUT2D eigenvalue weighted by atomic mass is 9.84. The Kier molecular flexibility index (Phi) is 7.22. The van der Waals surface area contributed by atoms with E-state index in [9.17, 15) is 18.4 Å². The Morgan fingerprint density at radius 1 is 1.31 bits per heavy atom. The number of benzene rings is 1. The second kappa shape index (κ2) is 10.1. The van der Waals surface area contributed by atoms with Crippen molar-refractivity contribution in [2.24, 2.45) is 11.7 Å². The Morgan fingerprint density at radius 3 is 2.69 bits per heavy atom. The predicted octanol–water partition coefficient (Wildman–Crippen LogP) is 2.18. The fourth-order valence-electron chi connectivity index (χ4n) is 4.31. The molecule has 0 spiro atoms. The molecule has 1 saturated heterocycles. The average molecular weight is 453 g/mol. The number of ether oxygens (including phenoxy) is 2. The van der Waals surface area contributed by atoms with Crippen molar-refractivity contribution >= 4 is 23.2 Å². The molecule has 10 heteroatoms. The van der Waals surface area contributed by atoms with Gasteiger partial charge < -0.3 is 25.4 Å². The number of carbonyl (C=O) groups is 2. The maximum atomic E-state index is 13.1. The number of morpholine rings is 1. The zero-order valence-corrected chi connectivity index (χ0v) is 18.0. The van der Waals surface area contributed by atoms with Crippen molar-refractivity contribution in [2.45, 2.75) is 50.8 Å². The largest absolute Gasteiger partial charge is 0.433 e. The highest BCUT2D eigenvalue weighted by Gasteiger charge is 2.38. The van der Waals surface area contributed by atoms with Crippen LogP contribution in [0.1, 0.15) is 32.1 Å². The number of alkyl halides is 2. The fourth-order valence-corrected chi connectivity index (χ4v) is 4.31. The molecule has 0 unspecified atom stereocenters. The van der Waals surface area contributed by atoms with Gasteiger partial charge in [-0.05, 0) is 43.7 Å². The van der Waals surface area contributed by atoms with Crippen molar-refractivity contribution in [1.82, 2.24) is 4.90 Å². The molecule has 0 radical (unpaired) electrons. The molecule has 2 saturated carbocycles. The summed E-state index contributed by atoms with van der Waals surface area (Å²) in [7, 11) is 0. The van der Waals surface area contributed by atoms with Crippen molar-refractivity contribution in [3.05, 3.63) is 18.2 Å². The number of rotatable bonds is 10. The number of halogens is 2. The van der Waals surface area contributed by atoms with Gasteiger partial charge in [0, 0.05) is 37.4 Å². The topological polar surface area (TPSA) is 97.1 Å². The molecule has 0 bridgehead atoms. The molecule has 1 atom stereocenters. The Balaban J connectivity index is 1.50. The molecule has 2 amide bonds. The van der Waals surface area contributed by atoms with Gasteiger partial charge in [0.1, 0.15) is 12.6 Å². The van der Waals surface area contributed by atoms with Gasteiger partial charge in [-0.15, -0.1) is 0 Å². The van der Waals surface area contributed by atoms with Crippen LogP contribution in [0.2, 0.25) is 0 Å². The lowest BCUT2D eigenvalue weighted by molar-refractivity contribution is -0.126. The molecule has 4 rings (SSSR count). The van der Waals surface area contributed by atoms with Crippen LogP contribution >= 0.6 is 0 Å². The highest BCUT2D eigenvalue weighted by atomic mass is 19.3. The van der Waals surface area contributed by atoms with Gasteiger partial charge in [0.15, 0.2) is 5.75 Å². The molecule has 176 valence electrons. The summed E-state index contributed by atoms with van der Waals surface area (Å²) < 4.78 is 35.9. The SMILES string of the molecule is NC[C@H](C(=O)Nc1ccc(N2CCOCC2=O)c(OC(F)F)c1)N(CC1CCC1)C1CC1. The van der Waals surface area contributed by atoms with Gasteiger partial charge in [-0.3, -0.25) is 14.5 Å². The summed E-state index contributed by atoms with van der Waals surface area (Å²) in [6.07, 6.45) is 5.71. The molecule has 8 nitrogen and oxygen atoms in total. The van der Waals surface area contributed by atoms with E-state index in [4.69, 9.17) is 10.5 Å². The molecule has 1 aromatic carbocycles. The van der Waals surface area contributed by atoms with Crippen LogP contribution in [0.4, 0.5) is 20.2 Å². The van der Waals surface area contributed by atoms with Crippen LogP contribution in [0.5, 0.6) is 5.75 Å². The number of nitrogens with one attached hydrogen (secondary N) is 1. The summed E-state index contributed by atoms with van der Waals surface area (Å²) in [5.74, 6) is -0.178. The van der Waals surface area contributed by atoms with Crippen molar-refractivity contribution < 1.29 is 27.8 Å². The lowest BCUT2D eigenvalue weighted by Crippen LogP contribution is -2.51. The van der Waals surface area contributed by atoms with Gasteiger partial charge in [0.05, 0.1) is 12.3 Å². The first-order chi connectivity index (χ1) is 15.5. The summed E-state index contributed by atoms with van der Waals surface area (Å²) in [6.45, 7) is -1.62. The normalized spacial score (nSPS) is 20.4. The monoisotopic (exact) mass is 452 g/mol. The standard InChI is InChI=1S/C22H30F2N4O4/c23-22(24)32-19-10-15(4-7-17(19)27-8-9-31-13-20(27)29)26-21(30)18(11-25)28(16-5-6-16)12-14-2-1-3-14/h4,7,10,14,16,18,22H,1-3,5-6,8-9,11-13,25H2,(H,26,30)/t18-/m1/s1. The number of anilines is 2. The van der Waals surface area contributed by atoms with E-state index < -0.39 is 12.7 Å². The van der Waals surface area contributed by atoms with Crippen LogP contribution in [0.15, 0.2) is 18.2 Å². The molecule has 32 heavy (non-hydrogen) atoms. The second-order valence-corrected chi connectivity index (χ2v) is 8.62. The van der Waals surface area contributed by atoms with Gasteiger partial charge in [0.2, 0.25) is 5.91 Å². The van der Waals surface area contributed by atoms with Gasteiger partial charge in [0.25, 0.3) is 5.91 Å². The van der Waals surface area contributed by atoms with Crippen LogP contribution in [-0.4, -0.2) is 68.3 Å². The van der Waals surface area contributed by atoms with Crippen LogP contribution in [0, 0.1) is 5.92 Å². The number of nitrogens with two attached hydrogens (primary N) is 1. The van der Waals surface area contributed by atoms with Crippen LogP contribution in [0.25, 0.3) is 0 Å².